The molecule has 2 aromatic rings. The zero-order valence-corrected chi connectivity index (χ0v) is 15.7. The number of nitrogens with one attached hydrogen (secondary N) is 1. The number of sulfonamides is 1. The molecule has 25 heavy (non-hydrogen) atoms. The lowest BCUT2D eigenvalue weighted by atomic mass is 10.1. The summed E-state index contributed by atoms with van der Waals surface area (Å²) in [7, 11) is -3.58. The molecule has 1 aliphatic rings. The Bertz CT molecular complexity index is 871. The minimum atomic E-state index is -3.58. The van der Waals surface area contributed by atoms with E-state index >= 15 is 0 Å². The molecular weight excluding hydrogens is 360 g/mol. The molecule has 1 aromatic heterocycles. The Morgan fingerprint density at radius 3 is 2.52 bits per heavy atom. The molecule has 9 heteroatoms. The number of thiazole rings is 1. The first-order chi connectivity index (χ1) is 11.9. The first-order valence-corrected chi connectivity index (χ1v) is 10.2. The fraction of sp³-hybridized carbons (Fsp3) is 0.375. The van der Waals surface area contributed by atoms with Crippen LogP contribution in [0, 0.1) is 6.92 Å². The molecule has 1 saturated heterocycles. The van der Waals surface area contributed by atoms with Crippen LogP contribution in [0.3, 0.4) is 0 Å². The molecule has 3 rings (SSSR count). The fourth-order valence-corrected chi connectivity index (χ4v) is 5.46. The number of piperazine rings is 1. The first-order valence-electron chi connectivity index (χ1n) is 7.92. The highest BCUT2D eigenvalue weighted by Gasteiger charge is 2.30. The second kappa shape index (κ2) is 7.11. The van der Waals surface area contributed by atoms with E-state index < -0.39 is 10.0 Å². The Kier molecular flexibility index (Phi) is 5.07. The Morgan fingerprint density at radius 2 is 1.88 bits per heavy atom. The van der Waals surface area contributed by atoms with E-state index in [1.807, 2.05) is 12.1 Å². The summed E-state index contributed by atoms with van der Waals surface area (Å²) in [4.78, 5) is 17.2. The third-order valence-electron chi connectivity index (χ3n) is 4.06. The molecule has 134 valence electrons. The van der Waals surface area contributed by atoms with Gasteiger partial charge >= 0.3 is 0 Å². The maximum atomic E-state index is 12.8. The highest BCUT2D eigenvalue weighted by molar-refractivity contribution is 7.91. The summed E-state index contributed by atoms with van der Waals surface area (Å²) in [6.07, 6.45) is 1.30. The number of hydrogen-bond acceptors (Lipinski definition) is 6. The second-order valence-corrected chi connectivity index (χ2v) is 9.04. The summed E-state index contributed by atoms with van der Waals surface area (Å²) in [6, 6.07) is 8.10. The van der Waals surface area contributed by atoms with E-state index in [9.17, 15) is 13.2 Å². The molecule has 1 aliphatic heterocycles. The van der Waals surface area contributed by atoms with Crippen molar-refractivity contribution in [3.8, 4) is 0 Å². The first kappa shape index (κ1) is 17.8. The van der Waals surface area contributed by atoms with Gasteiger partial charge in [-0.25, -0.2) is 13.4 Å². The summed E-state index contributed by atoms with van der Waals surface area (Å²) in [6.45, 7) is 5.54. The van der Waals surface area contributed by atoms with Gasteiger partial charge in [0.2, 0.25) is 5.91 Å². The topological polar surface area (TPSA) is 82.6 Å². The summed E-state index contributed by atoms with van der Waals surface area (Å²) in [5.74, 6) is -0.273. The normalized spacial score (nSPS) is 16.0. The molecule has 1 aromatic carbocycles. The minimum Gasteiger partial charge on any atom is -0.369 e. The molecule has 1 amide bonds. The van der Waals surface area contributed by atoms with Gasteiger partial charge in [-0.1, -0.05) is 29.5 Å². The molecule has 7 nitrogen and oxygen atoms in total. The minimum absolute atomic E-state index is 0.153. The van der Waals surface area contributed by atoms with Crippen LogP contribution in [0.25, 0.3) is 0 Å². The van der Waals surface area contributed by atoms with E-state index in [-0.39, 0.29) is 10.1 Å². The van der Waals surface area contributed by atoms with Gasteiger partial charge in [-0.15, -0.1) is 0 Å². The van der Waals surface area contributed by atoms with Gasteiger partial charge in [0.1, 0.15) is 0 Å². The third-order valence-corrected chi connectivity index (χ3v) is 7.30. The Labute approximate surface area is 151 Å². The van der Waals surface area contributed by atoms with E-state index in [4.69, 9.17) is 0 Å². The number of anilines is 2. The number of aryl methyl sites for hydroxylation is 1. The van der Waals surface area contributed by atoms with Gasteiger partial charge in [0.05, 0.1) is 6.20 Å². The van der Waals surface area contributed by atoms with Crippen LogP contribution in [0.4, 0.5) is 10.8 Å². The van der Waals surface area contributed by atoms with Crippen LogP contribution in [0.15, 0.2) is 34.7 Å². The number of hydrogen-bond donors (Lipinski definition) is 1. The van der Waals surface area contributed by atoms with E-state index in [1.165, 1.54) is 23.0 Å². The van der Waals surface area contributed by atoms with E-state index in [1.54, 1.807) is 0 Å². The number of nitrogens with zero attached hydrogens (tertiary/aromatic N) is 3. The largest absolute Gasteiger partial charge is 0.369 e. The molecule has 0 aliphatic carbocycles. The Balaban J connectivity index is 1.70. The van der Waals surface area contributed by atoms with Crippen molar-refractivity contribution >= 4 is 38.1 Å². The number of para-hydroxylation sites is 1. The van der Waals surface area contributed by atoms with Crippen molar-refractivity contribution in [2.24, 2.45) is 0 Å². The quantitative estimate of drug-likeness (QED) is 0.876. The van der Waals surface area contributed by atoms with Crippen molar-refractivity contribution in [3.05, 3.63) is 36.0 Å². The highest BCUT2D eigenvalue weighted by Crippen LogP contribution is 2.28. The average molecular weight is 380 g/mol. The maximum Gasteiger partial charge on any atom is 0.254 e. The van der Waals surface area contributed by atoms with Crippen LogP contribution in [-0.4, -0.2) is 49.8 Å². The van der Waals surface area contributed by atoms with Crippen molar-refractivity contribution in [2.45, 2.75) is 18.1 Å². The lowest BCUT2D eigenvalue weighted by molar-refractivity contribution is -0.114. The molecule has 0 saturated carbocycles. The molecule has 1 fully saturated rings. The van der Waals surface area contributed by atoms with E-state index in [0.717, 1.165) is 17.0 Å². The smallest absolute Gasteiger partial charge is 0.254 e. The van der Waals surface area contributed by atoms with Crippen molar-refractivity contribution in [1.29, 1.82) is 0 Å². The summed E-state index contributed by atoms with van der Waals surface area (Å²) < 4.78 is 27.2. The van der Waals surface area contributed by atoms with Crippen molar-refractivity contribution in [1.82, 2.24) is 9.29 Å². The van der Waals surface area contributed by atoms with Crippen LogP contribution in [0.1, 0.15) is 12.5 Å². The molecule has 0 atom stereocenters. The Hall–Kier alpha value is -1.97. The van der Waals surface area contributed by atoms with Crippen LogP contribution in [0.5, 0.6) is 0 Å². The zero-order chi connectivity index (χ0) is 18.0. The van der Waals surface area contributed by atoms with Gasteiger partial charge in [0.15, 0.2) is 9.34 Å². The van der Waals surface area contributed by atoms with Gasteiger partial charge in [0.25, 0.3) is 10.0 Å². The van der Waals surface area contributed by atoms with Crippen LogP contribution < -0.4 is 10.2 Å². The van der Waals surface area contributed by atoms with Gasteiger partial charge in [-0.2, -0.15) is 4.31 Å². The van der Waals surface area contributed by atoms with E-state index in [0.29, 0.717) is 31.3 Å². The third kappa shape index (κ3) is 3.83. The predicted molar refractivity (Wildman–Crippen MR) is 98.6 cm³/mol. The molecule has 0 bridgehead atoms. The SMILES string of the molecule is CC(=O)Nc1ncc(S(=O)(=O)N2CCN(c3ccccc3C)CC2)s1. The Morgan fingerprint density at radius 1 is 1.20 bits per heavy atom. The van der Waals surface area contributed by atoms with Gasteiger partial charge in [-0.05, 0) is 18.6 Å². The summed E-state index contributed by atoms with van der Waals surface area (Å²) >= 11 is 0.975. The molecule has 1 N–H and O–H groups in total. The average Bonchev–Trinajstić information content (AvgIpc) is 3.04. The lowest BCUT2D eigenvalue weighted by Crippen LogP contribution is -2.48. The van der Waals surface area contributed by atoms with Crippen molar-refractivity contribution in [3.63, 3.8) is 0 Å². The maximum absolute atomic E-state index is 12.8. The van der Waals surface area contributed by atoms with Gasteiger partial charge < -0.3 is 10.2 Å². The molecule has 0 unspecified atom stereocenters. The number of amides is 1. The van der Waals surface area contributed by atoms with Crippen LogP contribution in [-0.2, 0) is 14.8 Å². The predicted octanol–water partition coefficient (Wildman–Crippen LogP) is 1.92. The highest BCUT2D eigenvalue weighted by atomic mass is 32.2. The molecule has 0 radical (unpaired) electrons. The molecule has 0 spiro atoms. The summed E-state index contributed by atoms with van der Waals surface area (Å²) in [5.41, 5.74) is 2.33. The summed E-state index contributed by atoms with van der Waals surface area (Å²) in [5, 5.41) is 2.81. The van der Waals surface area contributed by atoms with Crippen LogP contribution >= 0.6 is 11.3 Å². The number of aromatic nitrogens is 1. The standard InChI is InChI=1S/C16H20N4O3S2/c1-12-5-3-4-6-14(12)19-7-9-20(10-8-19)25(22,23)15-11-17-16(24-15)18-13(2)21/h3-6,11H,7-10H2,1-2H3,(H,17,18,21). The zero-order valence-electron chi connectivity index (χ0n) is 14.1. The van der Waals surface area contributed by atoms with E-state index in [2.05, 4.69) is 34.3 Å². The number of rotatable bonds is 4. The number of carbonyl (C=O) groups is 1. The fourth-order valence-electron chi connectivity index (χ4n) is 2.80. The second-order valence-electron chi connectivity index (χ2n) is 5.84. The number of carbonyl (C=O) groups excluding carboxylic acids is 1. The lowest BCUT2D eigenvalue weighted by Gasteiger charge is -2.35. The van der Waals surface area contributed by atoms with Gasteiger partial charge in [-0.3, -0.25) is 4.79 Å². The van der Waals surface area contributed by atoms with Crippen molar-refractivity contribution < 1.29 is 13.2 Å². The number of benzene rings is 1. The monoisotopic (exact) mass is 380 g/mol. The van der Waals surface area contributed by atoms with Crippen molar-refractivity contribution in [2.75, 3.05) is 36.4 Å². The van der Waals surface area contributed by atoms with Crippen LogP contribution in [0.2, 0.25) is 0 Å². The molecular formula is C16H20N4O3S2. The molecule has 2 heterocycles. The van der Waals surface area contributed by atoms with Gasteiger partial charge in [0, 0.05) is 38.8 Å².